The second kappa shape index (κ2) is 5.94. The molecule has 2 rings (SSSR count). The van der Waals surface area contributed by atoms with Crippen LogP contribution in [-0.4, -0.2) is 48.8 Å². The van der Waals surface area contributed by atoms with Crippen molar-refractivity contribution in [3.05, 3.63) is 5.69 Å². The molecule has 1 atom stereocenters. The largest absolute Gasteiger partial charge is 0.383 e. The molecular formula is C13H24N4O3S. The molecule has 1 saturated carbocycles. The first-order chi connectivity index (χ1) is 9.80. The molecule has 0 radical (unpaired) electrons. The van der Waals surface area contributed by atoms with E-state index in [2.05, 4.69) is 5.10 Å². The third-order valence-electron chi connectivity index (χ3n) is 4.15. The highest BCUT2D eigenvalue weighted by Crippen LogP contribution is 2.38. The number of aryl methyl sites for hydroxylation is 1. The van der Waals surface area contributed by atoms with Crippen LogP contribution >= 0.6 is 0 Å². The molecule has 0 amide bonds. The monoisotopic (exact) mass is 316 g/mol. The number of ether oxygens (including phenoxy) is 1. The van der Waals surface area contributed by atoms with Crippen LogP contribution in [0, 0.1) is 12.8 Å². The van der Waals surface area contributed by atoms with Crippen molar-refractivity contribution >= 4 is 15.8 Å². The van der Waals surface area contributed by atoms with Crippen LogP contribution in [0.4, 0.5) is 5.82 Å². The molecule has 0 saturated heterocycles. The van der Waals surface area contributed by atoms with Gasteiger partial charge in [-0.25, -0.2) is 8.42 Å². The average molecular weight is 316 g/mol. The summed E-state index contributed by atoms with van der Waals surface area (Å²) >= 11 is 0. The molecule has 1 aromatic heterocycles. The summed E-state index contributed by atoms with van der Waals surface area (Å²) in [5.74, 6) is 0.482. The van der Waals surface area contributed by atoms with Gasteiger partial charge in [0.1, 0.15) is 4.90 Å². The summed E-state index contributed by atoms with van der Waals surface area (Å²) in [6.45, 7) is 4.35. The molecule has 1 heterocycles. The number of rotatable bonds is 7. The topological polar surface area (TPSA) is 90.4 Å². The van der Waals surface area contributed by atoms with Gasteiger partial charge in [0.05, 0.1) is 12.3 Å². The fraction of sp³-hybridized carbons (Fsp3) is 0.769. The van der Waals surface area contributed by atoms with E-state index in [4.69, 9.17) is 10.5 Å². The summed E-state index contributed by atoms with van der Waals surface area (Å²) in [4.78, 5) is 0.119. The van der Waals surface area contributed by atoms with Crippen molar-refractivity contribution in [2.75, 3.05) is 26.0 Å². The Balaban J connectivity index is 2.40. The molecule has 1 fully saturated rings. The molecule has 0 aliphatic heterocycles. The van der Waals surface area contributed by atoms with Gasteiger partial charge in [0.2, 0.25) is 10.0 Å². The number of nitrogens with two attached hydrogens (primary N) is 1. The van der Waals surface area contributed by atoms with Gasteiger partial charge in [-0.1, -0.05) is 0 Å². The number of methoxy groups -OCH3 is 1. The van der Waals surface area contributed by atoms with Gasteiger partial charge in [0, 0.05) is 26.7 Å². The van der Waals surface area contributed by atoms with Crippen molar-refractivity contribution in [1.29, 1.82) is 0 Å². The van der Waals surface area contributed by atoms with E-state index in [0.717, 1.165) is 12.8 Å². The van der Waals surface area contributed by atoms with Crippen LogP contribution in [0.25, 0.3) is 0 Å². The van der Waals surface area contributed by atoms with Gasteiger partial charge in [-0.2, -0.15) is 9.40 Å². The number of aromatic nitrogens is 2. The minimum Gasteiger partial charge on any atom is -0.383 e. The van der Waals surface area contributed by atoms with E-state index in [1.54, 1.807) is 21.1 Å². The molecule has 0 spiro atoms. The van der Waals surface area contributed by atoms with Crippen LogP contribution in [-0.2, 0) is 21.8 Å². The number of hydrogen-bond acceptors (Lipinski definition) is 5. The Morgan fingerprint density at radius 3 is 2.57 bits per heavy atom. The van der Waals surface area contributed by atoms with Gasteiger partial charge in [-0.15, -0.1) is 0 Å². The molecule has 8 heteroatoms. The lowest BCUT2D eigenvalue weighted by atomic mass is 10.2. The van der Waals surface area contributed by atoms with Crippen molar-refractivity contribution in [3.8, 4) is 0 Å². The average Bonchev–Trinajstić information content (AvgIpc) is 3.18. The molecule has 0 aromatic carbocycles. The van der Waals surface area contributed by atoms with Crippen molar-refractivity contribution in [2.45, 2.75) is 37.6 Å². The van der Waals surface area contributed by atoms with E-state index < -0.39 is 10.0 Å². The maximum atomic E-state index is 13.0. The Kier molecular flexibility index (Phi) is 4.60. The second-order valence-corrected chi connectivity index (χ2v) is 7.44. The number of nitrogens with zero attached hydrogens (tertiary/aromatic N) is 3. The van der Waals surface area contributed by atoms with Gasteiger partial charge in [0.15, 0.2) is 5.82 Å². The third-order valence-corrected chi connectivity index (χ3v) is 6.30. The lowest BCUT2D eigenvalue weighted by Gasteiger charge is -2.28. The minimum absolute atomic E-state index is 0.0517. The Morgan fingerprint density at radius 1 is 1.52 bits per heavy atom. The minimum atomic E-state index is -3.67. The molecular weight excluding hydrogens is 292 g/mol. The SMILES string of the molecule is COCCN(C(C)C1CC1)S(=O)(=O)c1c(N)nn(C)c1C. The van der Waals surface area contributed by atoms with Crippen LogP contribution < -0.4 is 5.73 Å². The molecule has 1 aromatic rings. The molecule has 1 unspecified atom stereocenters. The zero-order chi connectivity index (χ0) is 15.8. The second-order valence-electron chi connectivity index (χ2n) is 5.61. The van der Waals surface area contributed by atoms with E-state index in [0.29, 0.717) is 24.8 Å². The third kappa shape index (κ3) is 3.07. The lowest BCUT2D eigenvalue weighted by Crippen LogP contribution is -2.42. The van der Waals surface area contributed by atoms with E-state index >= 15 is 0 Å². The molecule has 0 bridgehead atoms. The van der Waals surface area contributed by atoms with Crippen molar-refractivity contribution < 1.29 is 13.2 Å². The van der Waals surface area contributed by atoms with Crippen LogP contribution in [0.5, 0.6) is 0 Å². The number of nitrogen functional groups attached to an aromatic ring is 1. The fourth-order valence-corrected chi connectivity index (χ4v) is 4.56. The van der Waals surface area contributed by atoms with Gasteiger partial charge in [0.25, 0.3) is 0 Å². The zero-order valence-corrected chi connectivity index (χ0v) is 13.9. The summed E-state index contributed by atoms with van der Waals surface area (Å²) in [6, 6.07) is -0.0517. The predicted octanol–water partition coefficient (Wildman–Crippen LogP) is 0.746. The maximum absolute atomic E-state index is 13.0. The molecule has 120 valence electrons. The summed E-state index contributed by atoms with van der Waals surface area (Å²) < 4.78 is 34.1. The highest BCUT2D eigenvalue weighted by atomic mass is 32.2. The normalized spacial score (nSPS) is 17.4. The van der Waals surface area contributed by atoms with E-state index in [1.165, 1.54) is 8.99 Å². The van der Waals surface area contributed by atoms with Crippen LogP contribution in [0.1, 0.15) is 25.5 Å². The molecule has 1 aliphatic rings. The highest BCUT2D eigenvalue weighted by Gasteiger charge is 2.40. The summed E-state index contributed by atoms with van der Waals surface area (Å²) in [5, 5.41) is 4.02. The van der Waals surface area contributed by atoms with Crippen molar-refractivity contribution in [3.63, 3.8) is 0 Å². The first kappa shape index (κ1) is 16.3. The fourth-order valence-electron chi connectivity index (χ4n) is 2.59. The van der Waals surface area contributed by atoms with Gasteiger partial charge in [-0.05, 0) is 32.6 Å². The molecule has 7 nitrogen and oxygen atoms in total. The number of sulfonamides is 1. The van der Waals surface area contributed by atoms with Crippen LogP contribution in [0.15, 0.2) is 4.90 Å². The number of anilines is 1. The zero-order valence-electron chi connectivity index (χ0n) is 13.0. The standard InChI is InChI=1S/C13H24N4O3S/c1-9(11-5-6-11)17(7-8-20-4)21(18,19)12-10(2)16(3)15-13(12)14/h9,11H,5-8H2,1-4H3,(H2,14,15). The first-order valence-electron chi connectivity index (χ1n) is 7.10. The van der Waals surface area contributed by atoms with Gasteiger partial charge < -0.3 is 10.5 Å². The van der Waals surface area contributed by atoms with Gasteiger partial charge in [-0.3, -0.25) is 4.68 Å². The highest BCUT2D eigenvalue weighted by molar-refractivity contribution is 7.89. The smallest absolute Gasteiger partial charge is 0.248 e. The maximum Gasteiger partial charge on any atom is 0.248 e. The van der Waals surface area contributed by atoms with Crippen LogP contribution in [0.2, 0.25) is 0 Å². The van der Waals surface area contributed by atoms with E-state index in [9.17, 15) is 8.42 Å². The Labute approximate surface area is 126 Å². The molecule has 2 N–H and O–H groups in total. The van der Waals surface area contributed by atoms with Gasteiger partial charge >= 0.3 is 0 Å². The molecule has 21 heavy (non-hydrogen) atoms. The van der Waals surface area contributed by atoms with E-state index in [-0.39, 0.29) is 16.8 Å². The predicted molar refractivity (Wildman–Crippen MR) is 80.3 cm³/mol. The van der Waals surface area contributed by atoms with E-state index in [1.807, 2.05) is 6.92 Å². The Hall–Kier alpha value is -1.12. The van der Waals surface area contributed by atoms with Crippen molar-refractivity contribution in [2.24, 2.45) is 13.0 Å². The Morgan fingerprint density at radius 2 is 2.14 bits per heavy atom. The number of hydrogen-bond donors (Lipinski definition) is 1. The van der Waals surface area contributed by atoms with Crippen molar-refractivity contribution in [1.82, 2.24) is 14.1 Å². The summed E-state index contributed by atoms with van der Waals surface area (Å²) in [5.41, 5.74) is 6.37. The summed E-state index contributed by atoms with van der Waals surface area (Å²) in [6.07, 6.45) is 2.14. The summed E-state index contributed by atoms with van der Waals surface area (Å²) in [7, 11) is -0.418. The lowest BCUT2D eigenvalue weighted by molar-refractivity contribution is 0.164. The first-order valence-corrected chi connectivity index (χ1v) is 8.54. The quantitative estimate of drug-likeness (QED) is 0.801. The Bertz CT molecular complexity index is 607. The van der Waals surface area contributed by atoms with Crippen LogP contribution in [0.3, 0.4) is 0 Å². The molecule has 1 aliphatic carbocycles.